The van der Waals surface area contributed by atoms with Gasteiger partial charge in [0.25, 0.3) is 0 Å². The summed E-state index contributed by atoms with van der Waals surface area (Å²) in [5.74, 6) is 1.91. The Morgan fingerprint density at radius 1 is 1.24 bits per heavy atom. The first-order valence-corrected chi connectivity index (χ1v) is 8.49. The molecule has 1 heterocycles. The smallest absolute Gasteiger partial charge is 0.131 e. The molecule has 0 aliphatic rings. The highest BCUT2D eigenvalue weighted by Crippen LogP contribution is 2.30. The molecule has 2 rings (SSSR count). The molecular formula is C17H24BrN3. The zero-order valence-corrected chi connectivity index (χ0v) is 14.7. The predicted octanol–water partition coefficient (Wildman–Crippen LogP) is 4.96. The third-order valence-corrected chi connectivity index (χ3v) is 4.62. The third kappa shape index (κ3) is 3.49. The van der Waals surface area contributed by atoms with Gasteiger partial charge in [0, 0.05) is 23.0 Å². The van der Waals surface area contributed by atoms with E-state index in [1.807, 2.05) is 0 Å². The van der Waals surface area contributed by atoms with Crippen molar-refractivity contribution in [2.24, 2.45) is 0 Å². The average molecular weight is 350 g/mol. The molecule has 0 bridgehead atoms. The SMILES string of the molecule is CCCCn1c(CCC)nc(-c2ccc(Br)c(C)c2)c1N. The van der Waals surface area contributed by atoms with Gasteiger partial charge in [0.15, 0.2) is 0 Å². The standard InChI is InChI=1S/C17H24BrN3/c1-4-6-10-21-15(7-5-2)20-16(17(21)19)13-8-9-14(18)12(3)11-13/h8-9,11H,4-7,10,19H2,1-3H3. The summed E-state index contributed by atoms with van der Waals surface area (Å²) in [5.41, 5.74) is 9.60. The molecule has 0 fully saturated rings. The zero-order valence-electron chi connectivity index (χ0n) is 13.1. The van der Waals surface area contributed by atoms with Crippen molar-refractivity contribution in [2.75, 3.05) is 5.73 Å². The van der Waals surface area contributed by atoms with Crippen LogP contribution < -0.4 is 5.73 Å². The number of halogens is 1. The van der Waals surface area contributed by atoms with Gasteiger partial charge in [-0.2, -0.15) is 0 Å². The van der Waals surface area contributed by atoms with Gasteiger partial charge < -0.3 is 10.3 Å². The fourth-order valence-corrected chi connectivity index (χ4v) is 2.74. The van der Waals surface area contributed by atoms with E-state index in [9.17, 15) is 0 Å². The molecule has 114 valence electrons. The third-order valence-electron chi connectivity index (χ3n) is 3.73. The molecule has 0 aliphatic carbocycles. The predicted molar refractivity (Wildman–Crippen MR) is 93.4 cm³/mol. The van der Waals surface area contributed by atoms with E-state index in [2.05, 4.69) is 59.5 Å². The monoisotopic (exact) mass is 349 g/mol. The number of rotatable bonds is 6. The molecule has 0 amide bonds. The lowest BCUT2D eigenvalue weighted by molar-refractivity contribution is 0.604. The van der Waals surface area contributed by atoms with Crippen LogP contribution >= 0.6 is 15.9 Å². The summed E-state index contributed by atoms with van der Waals surface area (Å²) in [6, 6.07) is 6.28. The lowest BCUT2D eigenvalue weighted by atomic mass is 10.1. The molecule has 4 heteroatoms. The van der Waals surface area contributed by atoms with Gasteiger partial charge in [-0.25, -0.2) is 4.98 Å². The van der Waals surface area contributed by atoms with Gasteiger partial charge in [0.2, 0.25) is 0 Å². The van der Waals surface area contributed by atoms with E-state index < -0.39 is 0 Å². The maximum atomic E-state index is 6.38. The number of anilines is 1. The van der Waals surface area contributed by atoms with E-state index >= 15 is 0 Å². The van der Waals surface area contributed by atoms with E-state index in [0.29, 0.717) is 0 Å². The van der Waals surface area contributed by atoms with Crippen molar-refractivity contribution in [1.82, 2.24) is 9.55 Å². The first kappa shape index (κ1) is 16.1. The molecule has 0 saturated carbocycles. The maximum absolute atomic E-state index is 6.38. The number of unbranched alkanes of at least 4 members (excludes halogenated alkanes) is 1. The number of nitrogens with two attached hydrogens (primary N) is 1. The van der Waals surface area contributed by atoms with Crippen LogP contribution in [0.1, 0.15) is 44.5 Å². The second-order valence-electron chi connectivity index (χ2n) is 5.48. The van der Waals surface area contributed by atoms with Gasteiger partial charge >= 0.3 is 0 Å². The molecule has 1 aromatic heterocycles. The number of benzene rings is 1. The largest absolute Gasteiger partial charge is 0.383 e. The second kappa shape index (κ2) is 7.12. The quantitative estimate of drug-likeness (QED) is 0.801. The van der Waals surface area contributed by atoms with Crippen molar-refractivity contribution in [3.63, 3.8) is 0 Å². The molecule has 0 saturated heterocycles. The van der Waals surface area contributed by atoms with Crippen LogP contribution in [0.4, 0.5) is 5.82 Å². The highest BCUT2D eigenvalue weighted by atomic mass is 79.9. The van der Waals surface area contributed by atoms with Crippen molar-refractivity contribution in [1.29, 1.82) is 0 Å². The molecule has 0 spiro atoms. The van der Waals surface area contributed by atoms with Crippen LogP contribution in [0, 0.1) is 6.92 Å². The summed E-state index contributed by atoms with van der Waals surface area (Å²) in [5, 5.41) is 0. The zero-order chi connectivity index (χ0) is 15.4. The minimum atomic E-state index is 0.800. The Balaban J connectivity index is 2.45. The van der Waals surface area contributed by atoms with Crippen molar-refractivity contribution >= 4 is 21.7 Å². The van der Waals surface area contributed by atoms with E-state index in [0.717, 1.165) is 59.6 Å². The lowest BCUT2D eigenvalue weighted by Crippen LogP contribution is -2.07. The molecule has 1 aromatic carbocycles. The van der Waals surface area contributed by atoms with Crippen LogP contribution in [0.15, 0.2) is 22.7 Å². The van der Waals surface area contributed by atoms with Crippen LogP contribution in [0.3, 0.4) is 0 Å². The van der Waals surface area contributed by atoms with E-state index in [1.54, 1.807) is 0 Å². The van der Waals surface area contributed by atoms with Crippen molar-refractivity contribution in [3.05, 3.63) is 34.1 Å². The van der Waals surface area contributed by atoms with Crippen LogP contribution in [0.2, 0.25) is 0 Å². The number of nitrogen functional groups attached to an aromatic ring is 1. The number of aryl methyl sites for hydroxylation is 2. The molecule has 21 heavy (non-hydrogen) atoms. The molecule has 0 radical (unpaired) electrons. The van der Waals surface area contributed by atoms with Crippen molar-refractivity contribution < 1.29 is 0 Å². The summed E-state index contributed by atoms with van der Waals surface area (Å²) in [7, 11) is 0. The number of aromatic nitrogens is 2. The van der Waals surface area contributed by atoms with Gasteiger partial charge in [-0.05, 0) is 37.5 Å². The number of imidazole rings is 1. The minimum Gasteiger partial charge on any atom is -0.383 e. The number of nitrogens with zero attached hydrogens (tertiary/aromatic N) is 2. The van der Waals surface area contributed by atoms with Gasteiger partial charge in [-0.1, -0.05) is 42.3 Å². The fourth-order valence-electron chi connectivity index (χ4n) is 2.50. The Bertz CT molecular complexity index is 617. The topological polar surface area (TPSA) is 43.8 Å². The Labute approximate surface area is 135 Å². The summed E-state index contributed by atoms with van der Waals surface area (Å²) in [6.07, 6.45) is 4.36. The van der Waals surface area contributed by atoms with E-state index in [1.165, 1.54) is 5.56 Å². The highest BCUT2D eigenvalue weighted by Gasteiger charge is 2.15. The summed E-state index contributed by atoms with van der Waals surface area (Å²) in [4.78, 5) is 4.82. The number of hydrogen-bond acceptors (Lipinski definition) is 2. The highest BCUT2D eigenvalue weighted by molar-refractivity contribution is 9.10. The molecule has 0 unspecified atom stereocenters. The summed E-state index contributed by atoms with van der Waals surface area (Å²) < 4.78 is 3.31. The molecular weight excluding hydrogens is 326 g/mol. The Hall–Kier alpha value is -1.29. The Morgan fingerprint density at radius 2 is 2.00 bits per heavy atom. The van der Waals surface area contributed by atoms with Gasteiger partial charge in [-0.3, -0.25) is 0 Å². The average Bonchev–Trinajstić information content (AvgIpc) is 2.77. The van der Waals surface area contributed by atoms with Gasteiger partial charge in [-0.15, -0.1) is 0 Å². The summed E-state index contributed by atoms with van der Waals surface area (Å²) >= 11 is 3.54. The molecule has 2 N–H and O–H groups in total. The molecule has 0 atom stereocenters. The second-order valence-corrected chi connectivity index (χ2v) is 6.34. The Morgan fingerprint density at radius 3 is 2.62 bits per heavy atom. The summed E-state index contributed by atoms with van der Waals surface area (Å²) in [6.45, 7) is 7.43. The maximum Gasteiger partial charge on any atom is 0.131 e. The van der Waals surface area contributed by atoms with Crippen LogP contribution in [0.25, 0.3) is 11.3 Å². The Kier molecular flexibility index (Phi) is 5.45. The van der Waals surface area contributed by atoms with Crippen LogP contribution in [-0.2, 0) is 13.0 Å². The van der Waals surface area contributed by atoms with Crippen LogP contribution in [-0.4, -0.2) is 9.55 Å². The normalized spacial score (nSPS) is 11.0. The van der Waals surface area contributed by atoms with Crippen molar-refractivity contribution in [3.8, 4) is 11.3 Å². The first-order valence-electron chi connectivity index (χ1n) is 7.69. The minimum absolute atomic E-state index is 0.800. The van der Waals surface area contributed by atoms with Gasteiger partial charge in [0.1, 0.15) is 17.3 Å². The molecule has 3 nitrogen and oxygen atoms in total. The van der Waals surface area contributed by atoms with E-state index in [4.69, 9.17) is 10.7 Å². The lowest BCUT2D eigenvalue weighted by Gasteiger charge is -2.08. The molecule has 0 aliphatic heterocycles. The van der Waals surface area contributed by atoms with E-state index in [-0.39, 0.29) is 0 Å². The van der Waals surface area contributed by atoms with Crippen LogP contribution in [0.5, 0.6) is 0 Å². The van der Waals surface area contributed by atoms with Gasteiger partial charge in [0.05, 0.1) is 0 Å². The fraction of sp³-hybridized carbons (Fsp3) is 0.471. The molecule has 2 aromatic rings. The van der Waals surface area contributed by atoms with Crippen molar-refractivity contribution in [2.45, 2.75) is 53.0 Å². The number of hydrogen-bond donors (Lipinski definition) is 1. The first-order chi connectivity index (χ1) is 10.1.